The van der Waals surface area contributed by atoms with Crippen LogP contribution in [0.1, 0.15) is 32.4 Å². The second kappa shape index (κ2) is 9.18. The Morgan fingerprint density at radius 1 is 1.22 bits per heavy atom. The smallest absolute Gasteiger partial charge is 0.312 e. The van der Waals surface area contributed by atoms with Crippen LogP contribution in [0.25, 0.3) is 0 Å². The van der Waals surface area contributed by atoms with Gasteiger partial charge in [0.15, 0.2) is 0 Å². The second-order valence-electron chi connectivity index (χ2n) is 3.37. The highest BCUT2D eigenvalue weighted by Crippen LogP contribution is 2.04. The van der Waals surface area contributed by atoms with Gasteiger partial charge in [-0.2, -0.15) is 0 Å². The van der Waals surface area contributed by atoms with E-state index in [1.165, 1.54) is 0 Å². The number of carboxylic acid groups (broad SMARTS) is 1. The molecule has 1 aromatic carbocycles. The summed E-state index contributed by atoms with van der Waals surface area (Å²) >= 11 is 0. The zero-order valence-corrected chi connectivity index (χ0v) is 8.77. The highest BCUT2D eigenvalue weighted by molar-refractivity contribution is 5.93. The molecule has 0 aliphatic carbocycles. The number of nitrogens with one attached hydrogen (secondary N) is 1. The first-order valence-electron chi connectivity index (χ1n) is 4.88. The third-order valence-electron chi connectivity index (χ3n) is 2.03. The number of hydrogen-bond donors (Lipinski definition) is 3. The number of hydrogen-bond acceptors (Lipinski definition) is 3. The number of rotatable bonds is 5. The van der Waals surface area contributed by atoms with Crippen molar-refractivity contribution in [3.8, 4) is 0 Å². The Kier molecular flexibility index (Phi) is 9.43. The average Bonchev–Trinajstić information content (AvgIpc) is 2.26. The van der Waals surface area contributed by atoms with Crippen LogP contribution in [-0.4, -0.2) is 17.0 Å². The van der Waals surface area contributed by atoms with E-state index < -0.39 is 18.3 Å². The molecular formula is C13H22N2O3. The van der Waals surface area contributed by atoms with Gasteiger partial charge in [-0.25, -0.2) is 0 Å². The van der Waals surface area contributed by atoms with Crippen molar-refractivity contribution in [2.75, 3.05) is 0 Å². The largest absolute Gasteiger partial charge is 0.481 e. The van der Waals surface area contributed by atoms with Crippen LogP contribution in [0, 0.1) is 0 Å². The normalized spacial score (nSPS) is 8.72. The van der Waals surface area contributed by atoms with Crippen LogP contribution in [0.4, 0.5) is 0 Å². The molecule has 0 spiro atoms. The molecule has 1 aromatic rings. The third kappa shape index (κ3) is 6.65. The molecule has 0 unspecified atom stereocenters. The lowest BCUT2D eigenvalue weighted by molar-refractivity contribution is -0.140. The molecule has 0 heterocycles. The quantitative estimate of drug-likeness (QED) is 0.694. The van der Waals surface area contributed by atoms with Crippen LogP contribution < -0.4 is 11.1 Å². The van der Waals surface area contributed by atoms with Crippen LogP contribution in [0.15, 0.2) is 24.3 Å². The topological polar surface area (TPSA) is 92.4 Å². The maximum Gasteiger partial charge on any atom is 0.312 e. The summed E-state index contributed by atoms with van der Waals surface area (Å²) in [5.41, 5.74) is 7.36. The zero-order chi connectivity index (χ0) is 12.0. The first-order valence-corrected chi connectivity index (χ1v) is 4.88. The Morgan fingerprint density at radius 3 is 2.39 bits per heavy atom. The molecule has 0 atom stereocenters. The van der Waals surface area contributed by atoms with Crippen LogP contribution in [0.2, 0.25) is 0 Å². The molecule has 5 nitrogen and oxygen atoms in total. The number of nitrogens with two attached hydrogens (primary N) is 1. The first kappa shape index (κ1) is 18.5. The van der Waals surface area contributed by atoms with Crippen molar-refractivity contribution in [1.29, 1.82) is 0 Å². The van der Waals surface area contributed by atoms with E-state index in [0.717, 1.165) is 11.1 Å². The van der Waals surface area contributed by atoms with Gasteiger partial charge in [0, 0.05) is 13.1 Å². The number of amides is 1. The molecule has 1 rings (SSSR count). The van der Waals surface area contributed by atoms with Crippen LogP contribution in [0.3, 0.4) is 0 Å². The van der Waals surface area contributed by atoms with Crippen molar-refractivity contribution < 1.29 is 14.7 Å². The number of carboxylic acids is 1. The summed E-state index contributed by atoms with van der Waals surface area (Å²) in [4.78, 5) is 21.3. The number of aliphatic carboxylic acids is 1. The van der Waals surface area contributed by atoms with Crippen molar-refractivity contribution in [1.82, 2.24) is 5.32 Å². The lowest BCUT2D eigenvalue weighted by atomic mass is 10.1. The van der Waals surface area contributed by atoms with Gasteiger partial charge < -0.3 is 16.2 Å². The molecule has 18 heavy (non-hydrogen) atoms. The van der Waals surface area contributed by atoms with Gasteiger partial charge in [-0.15, -0.1) is 0 Å². The van der Waals surface area contributed by atoms with Gasteiger partial charge in [-0.05, 0) is 11.1 Å². The maximum absolute atomic E-state index is 11.1. The third-order valence-corrected chi connectivity index (χ3v) is 2.03. The minimum atomic E-state index is -1.13. The van der Waals surface area contributed by atoms with E-state index in [4.69, 9.17) is 10.8 Å². The van der Waals surface area contributed by atoms with Gasteiger partial charge in [-0.3, -0.25) is 9.59 Å². The van der Waals surface area contributed by atoms with Crippen LogP contribution in [0.5, 0.6) is 0 Å². The fourth-order valence-electron chi connectivity index (χ4n) is 1.27. The molecule has 4 N–H and O–H groups in total. The minimum absolute atomic E-state index is 0. The summed E-state index contributed by atoms with van der Waals surface area (Å²) in [5, 5.41) is 10.9. The van der Waals surface area contributed by atoms with E-state index in [1.54, 1.807) is 0 Å². The zero-order valence-electron chi connectivity index (χ0n) is 8.77. The van der Waals surface area contributed by atoms with Crippen molar-refractivity contribution >= 4 is 11.9 Å². The van der Waals surface area contributed by atoms with Gasteiger partial charge in [0.05, 0.1) is 0 Å². The van der Waals surface area contributed by atoms with E-state index in [-0.39, 0.29) is 14.9 Å². The molecule has 0 aromatic heterocycles. The summed E-state index contributed by atoms with van der Waals surface area (Å²) in [6.45, 7) is 0.761. The highest BCUT2D eigenvalue weighted by atomic mass is 16.4. The maximum atomic E-state index is 11.1. The number of carbonyl (C=O) groups excluding carboxylic acids is 1. The molecule has 0 radical (unpaired) electrons. The molecule has 0 aliphatic rings. The number of benzene rings is 1. The van der Waals surface area contributed by atoms with Crippen molar-refractivity contribution in [3.05, 3.63) is 35.4 Å². The van der Waals surface area contributed by atoms with Crippen molar-refractivity contribution in [2.24, 2.45) is 5.73 Å². The fourth-order valence-corrected chi connectivity index (χ4v) is 1.27. The summed E-state index contributed by atoms with van der Waals surface area (Å²) in [7, 11) is 0. The standard InChI is InChI=1S/C11H14N2O3.2CH4/c12-6-8-2-1-3-9(4-8)7-13-10(14)5-11(15)16;;/h1-4H,5-7,12H2,(H,13,14)(H,15,16);2*1H4. The minimum Gasteiger partial charge on any atom is -0.481 e. The van der Waals surface area contributed by atoms with E-state index in [9.17, 15) is 9.59 Å². The van der Waals surface area contributed by atoms with E-state index in [0.29, 0.717) is 13.1 Å². The second-order valence-corrected chi connectivity index (χ2v) is 3.37. The van der Waals surface area contributed by atoms with E-state index in [1.807, 2.05) is 24.3 Å². The molecule has 0 bridgehead atoms. The van der Waals surface area contributed by atoms with Crippen LogP contribution in [-0.2, 0) is 22.7 Å². The summed E-state index contributed by atoms with van der Waals surface area (Å²) in [6.07, 6.45) is -0.503. The van der Waals surface area contributed by atoms with Crippen LogP contribution >= 0.6 is 0 Å². The van der Waals surface area contributed by atoms with Gasteiger partial charge in [-0.1, -0.05) is 39.1 Å². The lowest BCUT2D eigenvalue weighted by Gasteiger charge is -2.05. The fraction of sp³-hybridized carbons (Fsp3) is 0.385. The molecule has 0 saturated carbocycles. The summed E-state index contributed by atoms with van der Waals surface area (Å²) in [5.74, 6) is -1.63. The predicted octanol–water partition coefficient (Wildman–Crippen LogP) is 1.51. The molecular weight excluding hydrogens is 232 g/mol. The van der Waals surface area contributed by atoms with Crippen molar-refractivity contribution in [3.63, 3.8) is 0 Å². The Bertz CT molecular complexity index is 392. The Morgan fingerprint density at radius 2 is 1.83 bits per heavy atom. The number of carbonyl (C=O) groups is 2. The molecule has 0 saturated heterocycles. The Hall–Kier alpha value is -1.88. The molecule has 0 aliphatic heterocycles. The molecule has 5 heteroatoms. The van der Waals surface area contributed by atoms with Gasteiger partial charge in [0.1, 0.15) is 6.42 Å². The molecule has 0 fully saturated rings. The van der Waals surface area contributed by atoms with Gasteiger partial charge in [0.25, 0.3) is 0 Å². The summed E-state index contributed by atoms with van der Waals surface area (Å²) < 4.78 is 0. The monoisotopic (exact) mass is 254 g/mol. The van der Waals surface area contributed by atoms with Gasteiger partial charge >= 0.3 is 5.97 Å². The molecule has 1 amide bonds. The SMILES string of the molecule is C.C.NCc1cccc(CNC(=O)CC(=O)O)c1. The summed E-state index contributed by atoms with van der Waals surface area (Å²) in [6, 6.07) is 7.46. The Labute approximate surface area is 108 Å². The van der Waals surface area contributed by atoms with E-state index in [2.05, 4.69) is 5.32 Å². The lowest BCUT2D eigenvalue weighted by Crippen LogP contribution is -2.25. The Balaban J connectivity index is 0. The van der Waals surface area contributed by atoms with E-state index >= 15 is 0 Å². The first-order chi connectivity index (χ1) is 7.61. The van der Waals surface area contributed by atoms with Crippen molar-refractivity contribution in [2.45, 2.75) is 34.4 Å². The van der Waals surface area contributed by atoms with Gasteiger partial charge in [0.2, 0.25) is 5.91 Å². The average molecular weight is 254 g/mol. The predicted molar refractivity (Wildman–Crippen MR) is 71.9 cm³/mol. The molecule has 102 valence electrons. The highest BCUT2D eigenvalue weighted by Gasteiger charge is 2.06.